The molecule has 1 rings (SSSR count). The maximum Gasteiger partial charge on any atom is 0.245 e. The molecule has 1 aliphatic rings. The number of carbonyl (C=O) groups is 4. The molecule has 1 aliphatic heterocycles. The second kappa shape index (κ2) is 11.3. The lowest BCUT2D eigenvalue weighted by Crippen LogP contribution is -2.57. The van der Waals surface area contributed by atoms with Crippen molar-refractivity contribution in [3.63, 3.8) is 0 Å². The summed E-state index contributed by atoms with van der Waals surface area (Å²) in [6.45, 7) is 13.7. The van der Waals surface area contributed by atoms with E-state index in [0.717, 1.165) is 19.3 Å². The fourth-order valence-corrected chi connectivity index (χ4v) is 3.83. The van der Waals surface area contributed by atoms with Crippen molar-refractivity contribution in [2.75, 3.05) is 13.1 Å². The van der Waals surface area contributed by atoms with E-state index >= 15 is 0 Å². The van der Waals surface area contributed by atoms with Crippen LogP contribution in [-0.2, 0) is 19.2 Å². The van der Waals surface area contributed by atoms with E-state index in [1.54, 1.807) is 13.8 Å². The van der Waals surface area contributed by atoms with Crippen LogP contribution in [0.5, 0.6) is 0 Å². The van der Waals surface area contributed by atoms with Crippen molar-refractivity contribution in [3.05, 3.63) is 0 Å². The van der Waals surface area contributed by atoms with Crippen molar-refractivity contribution >= 4 is 23.6 Å². The average molecular weight is 425 g/mol. The molecule has 172 valence electrons. The Hall–Kier alpha value is -2.12. The molecule has 1 heterocycles. The van der Waals surface area contributed by atoms with Crippen LogP contribution in [-0.4, -0.2) is 59.7 Å². The summed E-state index contributed by atoms with van der Waals surface area (Å²) < 4.78 is 0. The van der Waals surface area contributed by atoms with Crippen molar-refractivity contribution in [2.45, 2.75) is 92.3 Å². The maximum atomic E-state index is 13.3. The van der Waals surface area contributed by atoms with Gasteiger partial charge in [0.1, 0.15) is 12.1 Å². The molecular weight excluding hydrogens is 384 g/mol. The lowest BCUT2D eigenvalue weighted by atomic mass is 9.85. The number of nitrogens with one attached hydrogen (secondary N) is 3. The first-order chi connectivity index (χ1) is 13.9. The van der Waals surface area contributed by atoms with Crippen LogP contribution in [0.25, 0.3) is 0 Å². The fraction of sp³-hybridized carbons (Fsp3) is 0.818. The lowest BCUT2D eigenvalue weighted by molar-refractivity contribution is -0.140. The first-order valence-corrected chi connectivity index (χ1v) is 11.1. The Labute approximate surface area is 180 Å². The van der Waals surface area contributed by atoms with Crippen LogP contribution in [0.2, 0.25) is 0 Å². The Bertz CT molecular complexity index is 629. The molecule has 30 heavy (non-hydrogen) atoms. The van der Waals surface area contributed by atoms with E-state index in [9.17, 15) is 19.2 Å². The molecule has 0 spiro atoms. The van der Waals surface area contributed by atoms with Gasteiger partial charge in [-0.05, 0) is 38.0 Å². The van der Waals surface area contributed by atoms with E-state index < -0.39 is 29.3 Å². The summed E-state index contributed by atoms with van der Waals surface area (Å²) in [5.41, 5.74) is -0.471. The Balaban J connectivity index is 2.70. The molecule has 0 saturated carbocycles. The summed E-state index contributed by atoms with van der Waals surface area (Å²) in [6.07, 6.45) is 3.45. The SMILES string of the molecule is CCC[C@H]1CCN(C(=O)C(NC(=O)CNC(=O)[C@@H](C)NC(=O)CC)C(C)(C)C)C1C. The Morgan fingerprint density at radius 1 is 1.07 bits per heavy atom. The first-order valence-electron chi connectivity index (χ1n) is 11.1. The summed E-state index contributed by atoms with van der Waals surface area (Å²) in [5.74, 6) is -0.684. The van der Waals surface area contributed by atoms with E-state index in [4.69, 9.17) is 0 Å². The number of nitrogens with zero attached hydrogens (tertiary/aromatic N) is 1. The number of likely N-dealkylation sites (tertiary alicyclic amines) is 1. The monoisotopic (exact) mass is 424 g/mol. The molecule has 0 radical (unpaired) electrons. The topological polar surface area (TPSA) is 108 Å². The van der Waals surface area contributed by atoms with Gasteiger partial charge in [0, 0.05) is 19.0 Å². The molecular formula is C22H40N4O4. The minimum Gasteiger partial charge on any atom is -0.345 e. The van der Waals surface area contributed by atoms with Gasteiger partial charge in [0.15, 0.2) is 0 Å². The minimum atomic E-state index is -0.730. The quantitative estimate of drug-likeness (QED) is 0.522. The van der Waals surface area contributed by atoms with E-state index in [-0.39, 0.29) is 30.8 Å². The minimum absolute atomic E-state index is 0.0724. The van der Waals surface area contributed by atoms with E-state index in [0.29, 0.717) is 12.5 Å². The number of carbonyl (C=O) groups excluding carboxylic acids is 4. The standard InChI is InChI=1S/C22H40N4O4/c1-8-10-16-11-12-26(15(16)4)21(30)19(22(5,6)7)25-18(28)13-23-20(29)14(3)24-17(27)9-2/h14-16,19H,8-13H2,1-7H3,(H,23,29)(H,24,27)(H,25,28)/t14-,15?,16+,19?/m1/s1. The lowest BCUT2D eigenvalue weighted by Gasteiger charge is -2.35. The third-order valence-corrected chi connectivity index (χ3v) is 5.79. The van der Waals surface area contributed by atoms with Crippen molar-refractivity contribution in [3.8, 4) is 0 Å². The second-order valence-electron chi connectivity index (χ2n) is 9.34. The molecule has 0 bridgehead atoms. The van der Waals surface area contributed by atoms with Gasteiger partial charge in [-0.3, -0.25) is 19.2 Å². The zero-order valence-corrected chi connectivity index (χ0v) is 19.6. The van der Waals surface area contributed by atoms with Gasteiger partial charge in [-0.25, -0.2) is 0 Å². The van der Waals surface area contributed by atoms with Gasteiger partial charge in [-0.1, -0.05) is 41.0 Å². The van der Waals surface area contributed by atoms with Gasteiger partial charge in [0.05, 0.1) is 6.54 Å². The summed E-state index contributed by atoms with van der Waals surface area (Å²) in [5, 5.41) is 7.88. The average Bonchev–Trinajstić information content (AvgIpc) is 3.03. The first kappa shape index (κ1) is 25.9. The van der Waals surface area contributed by atoms with Crippen LogP contribution in [0.15, 0.2) is 0 Å². The van der Waals surface area contributed by atoms with Gasteiger partial charge in [-0.15, -0.1) is 0 Å². The van der Waals surface area contributed by atoms with Crippen molar-refractivity contribution < 1.29 is 19.2 Å². The number of hydrogen-bond acceptors (Lipinski definition) is 4. The molecule has 1 fully saturated rings. The molecule has 4 amide bonds. The third kappa shape index (κ3) is 7.29. The summed E-state index contributed by atoms with van der Waals surface area (Å²) in [7, 11) is 0. The summed E-state index contributed by atoms with van der Waals surface area (Å²) in [4.78, 5) is 51.1. The zero-order valence-electron chi connectivity index (χ0n) is 19.6. The highest BCUT2D eigenvalue weighted by Gasteiger charge is 2.41. The Morgan fingerprint density at radius 2 is 1.70 bits per heavy atom. The van der Waals surface area contributed by atoms with Crippen LogP contribution >= 0.6 is 0 Å². The smallest absolute Gasteiger partial charge is 0.245 e. The third-order valence-electron chi connectivity index (χ3n) is 5.79. The van der Waals surface area contributed by atoms with Crippen molar-refractivity contribution in [1.82, 2.24) is 20.9 Å². The molecule has 2 unspecified atom stereocenters. The predicted octanol–water partition coefficient (Wildman–Crippen LogP) is 1.59. The van der Waals surface area contributed by atoms with Crippen LogP contribution in [0.1, 0.15) is 74.1 Å². The molecule has 0 aromatic carbocycles. The fourth-order valence-electron chi connectivity index (χ4n) is 3.83. The molecule has 0 aromatic heterocycles. The van der Waals surface area contributed by atoms with Gasteiger partial charge < -0.3 is 20.9 Å². The largest absolute Gasteiger partial charge is 0.345 e. The Morgan fingerprint density at radius 3 is 2.23 bits per heavy atom. The maximum absolute atomic E-state index is 13.3. The van der Waals surface area contributed by atoms with E-state index in [1.807, 2.05) is 25.7 Å². The number of amides is 4. The van der Waals surface area contributed by atoms with Crippen LogP contribution in [0.3, 0.4) is 0 Å². The molecule has 4 atom stereocenters. The van der Waals surface area contributed by atoms with Crippen molar-refractivity contribution in [1.29, 1.82) is 0 Å². The highest BCUT2D eigenvalue weighted by molar-refractivity contribution is 5.92. The Kier molecular flexibility index (Phi) is 9.78. The molecule has 8 heteroatoms. The molecule has 8 nitrogen and oxygen atoms in total. The molecule has 1 saturated heterocycles. The van der Waals surface area contributed by atoms with Gasteiger partial charge in [0.2, 0.25) is 23.6 Å². The van der Waals surface area contributed by atoms with Gasteiger partial charge >= 0.3 is 0 Å². The van der Waals surface area contributed by atoms with Gasteiger partial charge in [0.25, 0.3) is 0 Å². The van der Waals surface area contributed by atoms with Crippen LogP contribution < -0.4 is 16.0 Å². The van der Waals surface area contributed by atoms with E-state index in [1.165, 1.54) is 0 Å². The normalized spacial score (nSPS) is 21.0. The summed E-state index contributed by atoms with van der Waals surface area (Å²) in [6, 6.07) is -1.25. The summed E-state index contributed by atoms with van der Waals surface area (Å²) >= 11 is 0. The highest BCUT2D eigenvalue weighted by Crippen LogP contribution is 2.31. The second-order valence-corrected chi connectivity index (χ2v) is 9.34. The number of hydrogen-bond donors (Lipinski definition) is 3. The number of rotatable bonds is 9. The van der Waals surface area contributed by atoms with Crippen LogP contribution in [0.4, 0.5) is 0 Å². The molecule has 0 aromatic rings. The predicted molar refractivity (Wildman–Crippen MR) is 116 cm³/mol. The van der Waals surface area contributed by atoms with Gasteiger partial charge in [-0.2, -0.15) is 0 Å². The zero-order chi connectivity index (χ0) is 23.1. The van der Waals surface area contributed by atoms with Crippen molar-refractivity contribution in [2.24, 2.45) is 11.3 Å². The van der Waals surface area contributed by atoms with E-state index in [2.05, 4.69) is 29.8 Å². The molecule has 3 N–H and O–H groups in total. The molecule has 0 aliphatic carbocycles. The highest BCUT2D eigenvalue weighted by atomic mass is 16.2. The van der Waals surface area contributed by atoms with Crippen LogP contribution in [0, 0.1) is 11.3 Å².